The third-order valence-corrected chi connectivity index (χ3v) is 3.33. The Labute approximate surface area is 99.6 Å². The van der Waals surface area contributed by atoms with Gasteiger partial charge in [0.05, 0.1) is 5.92 Å². The number of likely N-dealkylation sites (N-methyl/N-ethyl adjacent to an activating group) is 1. The van der Waals surface area contributed by atoms with E-state index in [-0.39, 0.29) is 11.8 Å². The minimum Gasteiger partial charge on any atom is -0.481 e. The fraction of sp³-hybridized carbons (Fsp3) is 0.417. The maximum Gasteiger partial charge on any atom is 0.308 e. The first-order chi connectivity index (χ1) is 7.58. The Hall–Kier alpha value is -1.06. The zero-order valence-electron chi connectivity index (χ0n) is 9.06. The Bertz CT molecular complexity index is 408. The molecule has 0 radical (unpaired) electrons. The minimum atomic E-state index is -0.727. The van der Waals surface area contributed by atoms with E-state index in [0.29, 0.717) is 11.6 Å². The Kier molecular flexibility index (Phi) is 3.17. The van der Waals surface area contributed by atoms with Crippen LogP contribution in [0.15, 0.2) is 24.3 Å². The predicted octanol–water partition coefficient (Wildman–Crippen LogP) is 2.07. The molecule has 0 aromatic heterocycles. The van der Waals surface area contributed by atoms with Crippen LogP contribution in [-0.2, 0) is 4.79 Å². The van der Waals surface area contributed by atoms with Crippen molar-refractivity contribution in [3.63, 3.8) is 0 Å². The summed E-state index contributed by atoms with van der Waals surface area (Å²) in [5.74, 6) is -1.01. The SMILES string of the molecule is CN1C[C@H](C(=O)O)[C@@H](c2cccc(Cl)c2)C1. The molecule has 1 aromatic carbocycles. The second kappa shape index (κ2) is 4.44. The Morgan fingerprint density at radius 2 is 2.25 bits per heavy atom. The molecule has 0 amide bonds. The molecule has 16 heavy (non-hydrogen) atoms. The quantitative estimate of drug-likeness (QED) is 0.859. The largest absolute Gasteiger partial charge is 0.481 e. The van der Waals surface area contributed by atoms with Crippen molar-refractivity contribution in [3.05, 3.63) is 34.9 Å². The van der Waals surface area contributed by atoms with Gasteiger partial charge in [-0.2, -0.15) is 0 Å². The monoisotopic (exact) mass is 239 g/mol. The summed E-state index contributed by atoms with van der Waals surface area (Å²) in [7, 11) is 1.94. The molecule has 1 saturated heterocycles. The van der Waals surface area contributed by atoms with Gasteiger partial charge in [0.1, 0.15) is 0 Å². The molecule has 1 aliphatic heterocycles. The summed E-state index contributed by atoms with van der Waals surface area (Å²) in [5.41, 5.74) is 1.02. The predicted molar refractivity (Wildman–Crippen MR) is 62.8 cm³/mol. The molecule has 1 aromatic rings. The number of halogens is 1. The van der Waals surface area contributed by atoms with Crippen molar-refractivity contribution < 1.29 is 9.90 Å². The third-order valence-electron chi connectivity index (χ3n) is 3.10. The van der Waals surface area contributed by atoms with Gasteiger partial charge in [-0.05, 0) is 24.7 Å². The molecule has 1 fully saturated rings. The van der Waals surface area contributed by atoms with E-state index in [1.807, 2.05) is 30.1 Å². The van der Waals surface area contributed by atoms with Crippen LogP contribution < -0.4 is 0 Å². The lowest BCUT2D eigenvalue weighted by atomic mass is 9.89. The molecule has 0 bridgehead atoms. The molecule has 2 rings (SSSR count). The number of rotatable bonds is 2. The minimum absolute atomic E-state index is 0.0428. The second-order valence-corrected chi connectivity index (χ2v) is 4.76. The van der Waals surface area contributed by atoms with Gasteiger partial charge in [-0.25, -0.2) is 0 Å². The zero-order chi connectivity index (χ0) is 11.7. The number of hydrogen-bond donors (Lipinski definition) is 1. The van der Waals surface area contributed by atoms with E-state index in [1.165, 1.54) is 0 Å². The number of nitrogens with zero attached hydrogens (tertiary/aromatic N) is 1. The van der Waals surface area contributed by atoms with Crippen molar-refractivity contribution in [1.29, 1.82) is 0 Å². The van der Waals surface area contributed by atoms with Gasteiger partial charge in [0, 0.05) is 24.0 Å². The lowest BCUT2D eigenvalue weighted by molar-refractivity contribution is -0.141. The first-order valence-electron chi connectivity index (χ1n) is 5.24. The van der Waals surface area contributed by atoms with Gasteiger partial charge in [0.15, 0.2) is 0 Å². The van der Waals surface area contributed by atoms with Gasteiger partial charge in [-0.3, -0.25) is 4.79 Å². The van der Waals surface area contributed by atoms with E-state index in [4.69, 9.17) is 11.6 Å². The van der Waals surface area contributed by atoms with Crippen LogP contribution in [0.4, 0.5) is 0 Å². The zero-order valence-corrected chi connectivity index (χ0v) is 9.81. The molecule has 0 saturated carbocycles. The fourth-order valence-electron chi connectivity index (χ4n) is 2.33. The highest BCUT2D eigenvalue weighted by Crippen LogP contribution is 2.33. The lowest BCUT2D eigenvalue weighted by Gasteiger charge is -2.15. The van der Waals surface area contributed by atoms with E-state index in [9.17, 15) is 9.90 Å². The topological polar surface area (TPSA) is 40.5 Å². The van der Waals surface area contributed by atoms with Gasteiger partial charge < -0.3 is 10.0 Å². The highest BCUT2D eigenvalue weighted by atomic mass is 35.5. The number of likely N-dealkylation sites (tertiary alicyclic amines) is 1. The van der Waals surface area contributed by atoms with Crippen molar-refractivity contribution in [2.45, 2.75) is 5.92 Å². The van der Waals surface area contributed by atoms with Crippen LogP contribution in [0.3, 0.4) is 0 Å². The molecule has 4 heteroatoms. The number of benzene rings is 1. The van der Waals surface area contributed by atoms with Gasteiger partial charge in [-0.1, -0.05) is 23.7 Å². The molecule has 2 atom stereocenters. The van der Waals surface area contributed by atoms with Crippen LogP contribution in [0.25, 0.3) is 0 Å². The van der Waals surface area contributed by atoms with Gasteiger partial charge in [-0.15, -0.1) is 0 Å². The van der Waals surface area contributed by atoms with Gasteiger partial charge in [0.2, 0.25) is 0 Å². The molecule has 3 nitrogen and oxygen atoms in total. The average Bonchev–Trinajstić information content (AvgIpc) is 2.60. The Morgan fingerprint density at radius 1 is 1.50 bits per heavy atom. The van der Waals surface area contributed by atoms with E-state index in [2.05, 4.69) is 0 Å². The van der Waals surface area contributed by atoms with E-state index < -0.39 is 5.97 Å². The number of carbonyl (C=O) groups is 1. The Morgan fingerprint density at radius 3 is 2.88 bits per heavy atom. The van der Waals surface area contributed by atoms with Crippen molar-refractivity contribution in [2.24, 2.45) is 5.92 Å². The van der Waals surface area contributed by atoms with Crippen LogP contribution in [0.2, 0.25) is 5.02 Å². The van der Waals surface area contributed by atoms with Crippen molar-refractivity contribution in [3.8, 4) is 0 Å². The summed E-state index contributed by atoms with van der Waals surface area (Å²) in [4.78, 5) is 13.2. The van der Waals surface area contributed by atoms with Crippen molar-refractivity contribution in [1.82, 2.24) is 4.90 Å². The summed E-state index contributed by atoms with van der Waals surface area (Å²) < 4.78 is 0. The number of aliphatic carboxylic acids is 1. The summed E-state index contributed by atoms with van der Waals surface area (Å²) in [6.45, 7) is 1.38. The first-order valence-corrected chi connectivity index (χ1v) is 5.62. The van der Waals surface area contributed by atoms with Gasteiger partial charge >= 0.3 is 5.97 Å². The highest BCUT2D eigenvalue weighted by molar-refractivity contribution is 6.30. The highest BCUT2D eigenvalue weighted by Gasteiger charge is 2.36. The third kappa shape index (κ3) is 2.20. The summed E-state index contributed by atoms with van der Waals surface area (Å²) in [5, 5.41) is 9.84. The molecule has 0 unspecified atom stereocenters. The van der Waals surface area contributed by atoms with Gasteiger partial charge in [0.25, 0.3) is 0 Å². The molecular formula is C12H14ClNO2. The van der Waals surface area contributed by atoms with E-state index in [1.54, 1.807) is 6.07 Å². The number of carboxylic acid groups (broad SMARTS) is 1. The van der Waals surface area contributed by atoms with Crippen molar-refractivity contribution >= 4 is 17.6 Å². The fourth-order valence-corrected chi connectivity index (χ4v) is 2.52. The number of hydrogen-bond acceptors (Lipinski definition) is 2. The number of carboxylic acids is 1. The molecule has 0 spiro atoms. The van der Waals surface area contributed by atoms with Crippen LogP contribution in [0.1, 0.15) is 11.5 Å². The average molecular weight is 240 g/mol. The first kappa shape index (κ1) is 11.4. The van der Waals surface area contributed by atoms with Crippen LogP contribution in [0, 0.1) is 5.92 Å². The molecule has 1 heterocycles. The molecular weight excluding hydrogens is 226 g/mol. The summed E-state index contributed by atoms with van der Waals surface area (Å²) >= 11 is 5.93. The molecule has 1 aliphatic rings. The smallest absolute Gasteiger partial charge is 0.308 e. The standard InChI is InChI=1S/C12H14ClNO2/c1-14-6-10(11(7-14)12(15)16)8-3-2-4-9(13)5-8/h2-5,10-11H,6-7H2,1H3,(H,15,16)/t10-,11+/m1/s1. The lowest BCUT2D eigenvalue weighted by Crippen LogP contribution is -2.21. The second-order valence-electron chi connectivity index (χ2n) is 4.33. The normalized spacial score (nSPS) is 25.9. The summed E-state index contributed by atoms with van der Waals surface area (Å²) in [6, 6.07) is 7.49. The summed E-state index contributed by atoms with van der Waals surface area (Å²) in [6.07, 6.45) is 0. The molecule has 0 aliphatic carbocycles. The van der Waals surface area contributed by atoms with E-state index in [0.717, 1.165) is 12.1 Å². The van der Waals surface area contributed by atoms with Crippen molar-refractivity contribution in [2.75, 3.05) is 20.1 Å². The molecule has 1 N–H and O–H groups in total. The van der Waals surface area contributed by atoms with Crippen LogP contribution in [0.5, 0.6) is 0 Å². The maximum absolute atomic E-state index is 11.2. The molecule has 86 valence electrons. The van der Waals surface area contributed by atoms with E-state index >= 15 is 0 Å². The van der Waals surface area contributed by atoms with Crippen LogP contribution in [-0.4, -0.2) is 36.1 Å². The van der Waals surface area contributed by atoms with Crippen LogP contribution >= 0.6 is 11.6 Å². The Balaban J connectivity index is 2.28. The maximum atomic E-state index is 11.2.